The molecule has 0 bridgehead atoms. The van der Waals surface area contributed by atoms with Gasteiger partial charge in [0.15, 0.2) is 16.3 Å². The van der Waals surface area contributed by atoms with Crippen molar-refractivity contribution < 1.29 is 13.9 Å². The Kier molecular flexibility index (Phi) is 7.33. The minimum absolute atomic E-state index is 0.0589. The van der Waals surface area contributed by atoms with Crippen molar-refractivity contribution in [3.05, 3.63) is 140 Å². The van der Waals surface area contributed by atoms with Gasteiger partial charge in [0, 0.05) is 16.0 Å². The molecule has 210 valence electrons. The lowest BCUT2D eigenvalue weighted by atomic mass is 9.85. The van der Waals surface area contributed by atoms with Gasteiger partial charge >= 0.3 is 0 Å². The molecule has 0 spiro atoms. The van der Waals surface area contributed by atoms with Crippen LogP contribution >= 0.6 is 45.3 Å². The van der Waals surface area contributed by atoms with Gasteiger partial charge < -0.3 is 9.47 Å². The summed E-state index contributed by atoms with van der Waals surface area (Å²) in [5.74, 6) is 0.731. The van der Waals surface area contributed by atoms with Gasteiger partial charge in [0.2, 0.25) is 0 Å². The van der Waals surface area contributed by atoms with Gasteiger partial charge in [-0.1, -0.05) is 59.9 Å². The van der Waals surface area contributed by atoms with Gasteiger partial charge in [-0.2, -0.15) is 0 Å². The second-order valence-electron chi connectivity index (χ2n) is 10.0. The molecule has 0 amide bonds. The highest BCUT2D eigenvalue weighted by molar-refractivity contribution is 14.1. The molecule has 3 heterocycles. The number of fused-ring (bicyclic) bond motifs is 3. The number of hydrogen-bond donors (Lipinski definition) is 0. The fraction of sp³-hybridized carbons (Fsp3) is 0.152. The van der Waals surface area contributed by atoms with Crippen molar-refractivity contribution in [2.45, 2.75) is 25.5 Å². The maximum Gasteiger partial charge on any atom is 0.271 e. The lowest BCUT2D eigenvalue weighted by Crippen LogP contribution is -2.38. The number of hydrogen-bond acceptors (Lipinski definition) is 6. The van der Waals surface area contributed by atoms with Crippen molar-refractivity contribution in [1.82, 2.24) is 4.57 Å². The maximum atomic E-state index is 14.1. The van der Waals surface area contributed by atoms with Gasteiger partial charge in [0.25, 0.3) is 5.56 Å². The van der Waals surface area contributed by atoms with Crippen LogP contribution in [0.2, 0.25) is 0 Å². The summed E-state index contributed by atoms with van der Waals surface area (Å²) in [6, 6.07) is 22.7. The molecule has 42 heavy (non-hydrogen) atoms. The third-order valence-corrected chi connectivity index (χ3v) is 10.3. The molecule has 0 unspecified atom stereocenters. The zero-order valence-electron chi connectivity index (χ0n) is 22.5. The standard InChI is InChI=1S/C33H24FIN2O3S2/c1-39-26-16-19(15-25(35)31(26)40-18-21-8-3-5-10-24(21)34)17-28-32(38)37-30(27-11-6-14-41-27)23-13-12-20-7-2-4-9-22(20)29(23)36-33(37)42-28/h2-11,14-17,30H,12-13,18H2,1H3/b28-17+/t30-/m1/s1. The summed E-state index contributed by atoms with van der Waals surface area (Å²) in [6.07, 6.45) is 3.68. The number of halogens is 2. The van der Waals surface area contributed by atoms with Gasteiger partial charge in [-0.25, -0.2) is 9.38 Å². The first-order chi connectivity index (χ1) is 20.5. The number of aryl methyl sites for hydroxylation is 1. The highest BCUT2D eigenvalue weighted by atomic mass is 127. The van der Waals surface area contributed by atoms with Crippen molar-refractivity contribution in [2.75, 3.05) is 7.11 Å². The van der Waals surface area contributed by atoms with Crippen LogP contribution in [0.1, 0.15) is 39.6 Å². The Bertz CT molecular complexity index is 2050. The predicted molar refractivity (Wildman–Crippen MR) is 174 cm³/mol. The van der Waals surface area contributed by atoms with E-state index in [-0.39, 0.29) is 24.0 Å². The van der Waals surface area contributed by atoms with E-state index in [0.29, 0.717) is 26.4 Å². The number of thiazole rings is 1. The molecule has 0 saturated heterocycles. The number of ether oxygens (including phenoxy) is 2. The van der Waals surface area contributed by atoms with E-state index in [1.54, 1.807) is 36.6 Å². The zero-order chi connectivity index (χ0) is 28.8. The molecule has 2 aromatic heterocycles. The molecular formula is C33H24FIN2O3S2. The number of allylic oxidation sites excluding steroid dienone is 1. The zero-order valence-corrected chi connectivity index (χ0v) is 26.3. The van der Waals surface area contributed by atoms with Crippen LogP contribution in [0.25, 0.3) is 11.8 Å². The number of rotatable bonds is 6. The number of methoxy groups -OCH3 is 1. The van der Waals surface area contributed by atoms with E-state index in [1.807, 2.05) is 28.8 Å². The van der Waals surface area contributed by atoms with Crippen LogP contribution in [0.15, 0.2) is 93.5 Å². The molecule has 0 fully saturated rings. The van der Waals surface area contributed by atoms with Crippen molar-refractivity contribution in [2.24, 2.45) is 4.99 Å². The fourth-order valence-electron chi connectivity index (χ4n) is 5.60. The van der Waals surface area contributed by atoms with E-state index < -0.39 is 0 Å². The predicted octanol–water partition coefficient (Wildman–Crippen LogP) is 6.71. The Morgan fingerprint density at radius 1 is 1.10 bits per heavy atom. The molecule has 9 heteroatoms. The molecule has 0 saturated carbocycles. The lowest BCUT2D eigenvalue weighted by Gasteiger charge is -2.30. The second kappa shape index (κ2) is 11.3. The van der Waals surface area contributed by atoms with Crippen LogP contribution in [-0.4, -0.2) is 11.7 Å². The van der Waals surface area contributed by atoms with Crippen LogP contribution in [0.4, 0.5) is 4.39 Å². The van der Waals surface area contributed by atoms with E-state index in [9.17, 15) is 9.18 Å². The minimum atomic E-state index is -0.315. The smallest absolute Gasteiger partial charge is 0.271 e. The van der Waals surface area contributed by atoms with E-state index in [0.717, 1.165) is 38.1 Å². The molecule has 5 nitrogen and oxygen atoms in total. The van der Waals surface area contributed by atoms with Crippen LogP contribution in [0.3, 0.4) is 0 Å². The molecule has 3 aromatic carbocycles. The first-order valence-corrected chi connectivity index (χ1v) is 16.2. The summed E-state index contributed by atoms with van der Waals surface area (Å²) in [6.45, 7) is 0.0769. The summed E-state index contributed by atoms with van der Waals surface area (Å²) in [5, 5.41) is 2.06. The average molecular weight is 707 g/mol. The minimum Gasteiger partial charge on any atom is -0.493 e. The van der Waals surface area contributed by atoms with E-state index in [4.69, 9.17) is 14.5 Å². The number of benzene rings is 3. The van der Waals surface area contributed by atoms with Gasteiger partial charge in [0.05, 0.1) is 27.0 Å². The molecule has 1 aliphatic heterocycles. The van der Waals surface area contributed by atoms with Crippen LogP contribution in [0.5, 0.6) is 11.5 Å². The molecule has 2 aliphatic rings. The van der Waals surface area contributed by atoms with Crippen molar-refractivity contribution in [3.8, 4) is 11.5 Å². The topological polar surface area (TPSA) is 52.8 Å². The largest absolute Gasteiger partial charge is 0.493 e. The van der Waals surface area contributed by atoms with Gasteiger partial charge in [0.1, 0.15) is 12.4 Å². The highest BCUT2D eigenvalue weighted by Gasteiger charge is 2.33. The lowest BCUT2D eigenvalue weighted by molar-refractivity contribution is 0.277. The summed E-state index contributed by atoms with van der Waals surface area (Å²) < 4.78 is 29.0. The number of aromatic nitrogens is 1. The monoisotopic (exact) mass is 706 g/mol. The second-order valence-corrected chi connectivity index (χ2v) is 13.2. The Hall–Kier alpha value is -3.54. The van der Waals surface area contributed by atoms with Crippen molar-refractivity contribution >= 4 is 57.0 Å². The highest BCUT2D eigenvalue weighted by Crippen LogP contribution is 2.42. The molecule has 0 radical (unpaired) electrons. The van der Waals surface area contributed by atoms with Gasteiger partial charge in [-0.05, 0) is 87.9 Å². The number of thiophene rings is 1. The Balaban J connectivity index is 1.31. The third-order valence-electron chi connectivity index (χ3n) is 7.57. The summed E-state index contributed by atoms with van der Waals surface area (Å²) in [4.78, 5) is 20.9. The fourth-order valence-corrected chi connectivity index (χ4v) is 8.23. The molecule has 0 N–H and O–H groups in total. The van der Waals surface area contributed by atoms with E-state index in [1.165, 1.54) is 28.5 Å². The van der Waals surface area contributed by atoms with E-state index >= 15 is 0 Å². The Morgan fingerprint density at radius 3 is 2.74 bits per heavy atom. The molecule has 7 rings (SSSR count). The summed E-state index contributed by atoms with van der Waals surface area (Å²) in [7, 11) is 1.57. The first kappa shape index (κ1) is 27.3. The summed E-state index contributed by atoms with van der Waals surface area (Å²) in [5.41, 5.74) is 5.86. The number of nitrogens with zero attached hydrogens (tertiary/aromatic N) is 2. The third kappa shape index (κ3) is 4.83. The van der Waals surface area contributed by atoms with Gasteiger partial charge in [-0.3, -0.25) is 9.36 Å². The van der Waals surface area contributed by atoms with E-state index in [2.05, 4.69) is 58.3 Å². The van der Waals surface area contributed by atoms with Crippen LogP contribution in [0, 0.1) is 9.39 Å². The van der Waals surface area contributed by atoms with Crippen molar-refractivity contribution in [1.29, 1.82) is 0 Å². The Morgan fingerprint density at radius 2 is 1.93 bits per heavy atom. The first-order valence-electron chi connectivity index (χ1n) is 13.4. The molecular weight excluding hydrogens is 682 g/mol. The molecule has 1 aliphatic carbocycles. The van der Waals surface area contributed by atoms with Gasteiger partial charge in [-0.15, -0.1) is 11.3 Å². The van der Waals surface area contributed by atoms with Crippen LogP contribution in [-0.2, 0) is 13.0 Å². The SMILES string of the molecule is COc1cc(/C=c2/sc3n(c2=O)[C@@H](c2cccs2)C2=C(N=3)c3ccccc3CC2)cc(I)c1OCc1ccccc1F. The molecule has 1 atom stereocenters. The normalized spacial score (nSPS) is 16.0. The summed E-state index contributed by atoms with van der Waals surface area (Å²) >= 11 is 5.26. The van der Waals surface area contributed by atoms with Crippen molar-refractivity contribution in [3.63, 3.8) is 0 Å². The Labute approximate surface area is 263 Å². The quantitative estimate of drug-likeness (QED) is 0.185. The van der Waals surface area contributed by atoms with Crippen LogP contribution < -0.4 is 24.4 Å². The average Bonchev–Trinajstić information content (AvgIpc) is 3.64. The maximum absolute atomic E-state index is 14.1. The molecule has 5 aromatic rings.